The summed E-state index contributed by atoms with van der Waals surface area (Å²) < 4.78 is 22.9. The monoisotopic (exact) mass is 317 g/mol. The third kappa shape index (κ3) is 8.82. The van der Waals surface area contributed by atoms with Gasteiger partial charge in [0, 0.05) is 6.04 Å². The van der Waals surface area contributed by atoms with Crippen LogP contribution in [0.25, 0.3) is 0 Å². The van der Waals surface area contributed by atoms with Crippen LogP contribution in [0.3, 0.4) is 0 Å². The zero-order valence-electron chi connectivity index (χ0n) is 13.9. The van der Waals surface area contributed by atoms with E-state index in [4.69, 9.17) is 5.73 Å². The second-order valence-electron chi connectivity index (χ2n) is 6.80. The molecule has 1 aliphatic rings. The van der Waals surface area contributed by atoms with Crippen molar-refractivity contribution in [3.63, 3.8) is 0 Å². The molecule has 4 heteroatoms. The lowest BCUT2D eigenvalue weighted by Gasteiger charge is -2.17. The number of nitrogens with two attached hydrogens (primary N) is 1. The standard InChI is InChI=1S/C17H35NO2S/c1-2-3-4-5-6-7-8-9-10-11-12-17(18)16-13-14-21(19,20)15-16/h16-17H,2-15,18H2,1H3. The van der Waals surface area contributed by atoms with Crippen molar-refractivity contribution in [1.29, 1.82) is 0 Å². The highest BCUT2D eigenvalue weighted by atomic mass is 32.2. The number of hydrogen-bond donors (Lipinski definition) is 1. The maximum absolute atomic E-state index is 11.4. The van der Waals surface area contributed by atoms with E-state index in [-0.39, 0.29) is 12.0 Å². The first-order valence-corrected chi connectivity index (χ1v) is 10.8. The average molecular weight is 318 g/mol. The van der Waals surface area contributed by atoms with E-state index in [2.05, 4.69) is 6.92 Å². The molecule has 0 radical (unpaired) electrons. The fraction of sp³-hybridized carbons (Fsp3) is 1.00. The van der Waals surface area contributed by atoms with E-state index in [0.717, 1.165) is 19.3 Å². The first-order valence-electron chi connectivity index (χ1n) is 9.01. The summed E-state index contributed by atoms with van der Waals surface area (Å²) in [7, 11) is -2.77. The molecule has 21 heavy (non-hydrogen) atoms. The van der Waals surface area contributed by atoms with E-state index in [1.54, 1.807) is 0 Å². The van der Waals surface area contributed by atoms with Gasteiger partial charge in [0.15, 0.2) is 9.84 Å². The predicted octanol–water partition coefficient (Wildman–Crippen LogP) is 4.06. The van der Waals surface area contributed by atoms with E-state index in [0.29, 0.717) is 11.5 Å². The van der Waals surface area contributed by atoms with E-state index >= 15 is 0 Å². The van der Waals surface area contributed by atoms with E-state index < -0.39 is 9.84 Å². The predicted molar refractivity (Wildman–Crippen MR) is 91.2 cm³/mol. The molecule has 0 aromatic heterocycles. The molecule has 2 atom stereocenters. The minimum Gasteiger partial charge on any atom is -0.327 e. The topological polar surface area (TPSA) is 60.2 Å². The molecule has 0 aliphatic carbocycles. The molecule has 0 aromatic carbocycles. The lowest BCUT2D eigenvalue weighted by Crippen LogP contribution is -2.30. The minimum absolute atomic E-state index is 0.0938. The van der Waals surface area contributed by atoms with Gasteiger partial charge < -0.3 is 5.73 Å². The van der Waals surface area contributed by atoms with Crippen LogP contribution >= 0.6 is 0 Å². The SMILES string of the molecule is CCCCCCCCCCCCC(N)C1CCS(=O)(=O)C1. The van der Waals surface area contributed by atoms with Gasteiger partial charge in [-0.2, -0.15) is 0 Å². The molecular formula is C17H35NO2S. The van der Waals surface area contributed by atoms with Crippen LogP contribution in [0, 0.1) is 5.92 Å². The summed E-state index contributed by atoms with van der Waals surface area (Å²) in [6.45, 7) is 2.26. The van der Waals surface area contributed by atoms with Crippen molar-refractivity contribution >= 4 is 9.84 Å². The fourth-order valence-corrected chi connectivity index (χ4v) is 5.16. The summed E-state index contributed by atoms with van der Waals surface area (Å²) in [6.07, 6.45) is 15.1. The normalized spacial score (nSPS) is 22.5. The minimum atomic E-state index is -2.77. The maximum Gasteiger partial charge on any atom is 0.150 e. The fourth-order valence-electron chi connectivity index (χ4n) is 3.26. The molecular weight excluding hydrogens is 282 g/mol. The summed E-state index contributed by atoms with van der Waals surface area (Å²) in [5.41, 5.74) is 6.14. The van der Waals surface area contributed by atoms with Gasteiger partial charge in [-0.15, -0.1) is 0 Å². The molecule has 1 fully saturated rings. The highest BCUT2D eigenvalue weighted by molar-refractivity contribution is 7.91. The molecule has 2 unspecified atom stereocenters. The van der Waals surface area contributed by atoms with Crippen molar-refractivity contribution in [1.82, 2.24) is 0 Å². The number of rotatable bonds is 12. The molecule has 1 rings (SSSR count). The van der Waals surface area contributed by atoms with Crippen molar-refractivity contribution in [3.05, 3.63) is 0 Å². The van der Waals surface area contributed by atoms with Crippen LogP contribution in [0.2, 0.25) is 0 Å². The molecule has 0 bridgehead atoms. The van der Waals surface area contributed by atoms with Crippen LogP contribution in [0.4, 0.5) is 0 Å². The molecule has 1 aliphatic heterocycles. The first-order chi connectivity index (χ1) is 10.0. The molecule has 1 heterocycles. The Hall–Kier alpha value is -0.0900. The summed E-state index contributed by atoms with van der Waals surface area (Å²) in [6, 6.07) is 0.0938. The lowest BCUT2D eigenvalue weighted by atomic mass is 9.94. The van der Waals surface area contributed by atoms with Gasteiger partial charge in [-0.3, -0.25) is 0 Å². The van der Waals surface area contributed by atoms with E-state index in [1.165, 1.54) is 57.8 Å². The smallest absolute Gasteiger partial charge is 0.150 e. The van der Waals surface area contributed by atoms with Crippen molar-refractivity contribution in [3.8, 4) is 0 Å². The summed E-state index contributed by atoms with van der Waals surface area (Å²) in [5.74, 6) is 0.892. The summed E-state index contributed by atoms with van der Waals surface area (Å²) >= 11 is 0. The number of sulfone groups is 1. The molecule has 0 spiro atoms. The van der Waals surface area contributed by atoms with Crippen LogP contribution in [0.5, 0.6) is 0 Å². The lowest BCUT2D eigenvalue weighted by molar-refractivity contribution is 0.418. The van der Waals surface area contributed by atoms with Gasteiger partial charge in [0.05, 0.1) is 11.5 Å². The Labute approximate surface area is 132 Å². The van der Waals surface area contributed by atoms with Crippen LogP contribution < -0.4 is 5.73 Å². The first kappa shape index (κ1) is 19.0. The van der Waals surface area contributed by atoms with Crippen molar-refractivity contribution in [2.24, 2.45) is 11.7 Å². The van der Waals surface area contributed by atoms with Gasteiger partial charge in [-0.25, -0.2) is 8.42 Å². The Bertz CT molecular complexity index is 354. The summed E-state index contributed by atoms with van der Waals surface area (Å²) in [5, 5.41) is 0. The van der Waals surface area contributed by atoms with Crippen LogP contribution in [0.1, 0.15) is 84.0 Å². The van der Waals surface area contributed by atoms with Gasteiger partial charge >= 0.3 is 0 Å². The molecule has 1 saturated heterocycles. The van der Waals surface area contributed by atoms with Gasteiger partial charge in [0.2, 0.25) is 0 Å². The second kappa shape index (κ2) is 10.6. The van der Waals surface area contributed by atoms with E-state index in [9.17, 15) is 8.42 Å². The Balaban J connectivity index is 1.90. The van der Waals surface area contributed by atoms with Gasteiger partial charge in [-0.05, 0) is 18.8 Å². The zero-order chi connectivity index (χ0) is 15.6. The van der Waals surface area contributed by atoms with Crippen molar-refractivity contribution < 1.29 is 8.42 Å². The maximum atomic E-state index is 11.4. The van der Waals surface area contributed by atoms with Gasteiger partial charge in [-0.1, -0.05) is 71.1 Å². The Morgan fingerprint density at radius 3 is 1.95 bits per heavy atom. The Kier molecular flexibility index (Phi) is 9.57. The van der Waals surface area contributed by atoms with Gasteiger partial charge in [0.25, 0.3) is 0 Å². The van der Waals surface area contributed by atoms with Crippen molar-refractivity contribution in [2.75, 3.05) is 11.5 Å². The quantitative estimate of drug-likeness (QED) is 0.552. The third-order valence-electron chi connectivity index (χ3n) is 4.76. The zero-order valence-corrected chi connectivity index (χ0v) is 14.7. The van der Waals surface area contributed by atoms with Crippen LogP contribution in [0.15, 0.2) is 0 Å². The molecule has 0 aromatic rings. The highest BCUT2D eigenvalue weighted by Gasteiger charge is 2.31. The number of unbranched alkanes of at least 4 members (excludes halogenated alkanes) is 9. The molecule has 0 saturated carbocycles. The summed E-state index contributed by atoms with van der Waals surface area (Å²) in [4.78, 5) is 0. The molecule has 126 valence electrons. The number of hydrogen-bond acceptors (Lipinski definition) is 3. The average Bonchev–Trinajstić information content (AvgIpc) is 2.81. The second-order valence-corrected chi connectivity index (χ2v) is 9.03. The van der Waals surface area contributed by atoms with Crippen molar-refractivity contribution in [2.45, 2.75) is 90.0 Å². The third-order valence-corrected chi connectivity index (χ3v) is 6.56. The molecule has 0 amide bonds. The van der Waals surface area contributed by atoms with Crippen LogP contribution in [-0.4, -0.2) is 26.0 Å². The Morgan fingerprint density at radius 2 is 1.48 bits per heavy atom. The van der Waals surface area contributed by atoms with E-state index in [1.807, 2.05) is 0 Å². The van der Waals surface area contributed by atoms with Crippen LogP contribution in [-0.2, 0) is 9.84 Å². The van der Waals surface area contributed by atoms with Gasteiger partial charge in [0.1, 0.15) is 0 Å². The molecule has 2 N–H and O–H groups in total. The Morgan fingerprint density at radius 1 is 0.952 bits per heavy atom. The molecule has 3 nitrogen and oxygen atoms in total. The largest absolute Gasteiger partial charge is 0.327 e. The highest BCUT2D eigenvalue weighted by Crippen LogP contribution is 2.23.